The first-order valence-electron chi connectivity index (χ1n) is 7.81. The van der Waals surface area contributed by atoms with E-state index in [0.29, 0.717) is 0 Å². The van der Waals surface area contributed by atoms with E-state index in [1.54, 1.807) is 0 Å². The minimum atomic E-state index is 0.795. The van der Waals surface area contributed by atoms with Crippen molar-refractivity contribution in [2.45, 2.75) is 13.8 Å². The van der Waals surface area contributed by atoms with E-state index in [4.69, 9.17) is 9.47 Å². The molecular formula is C15H35N3O2. The summed E-state index contributed by atoms with van der Waals surface area (Å²) in [7, 11) is 6.24. The number of rotatable bonds is 14. The van der Waals surface area contributed by atoms with Crippen molar-refractivity contribution in [1.82, 2.24) is 14.7 Å². The number of ether oxygens (including phenoxy) is 2. The molecule has 0 aliphatic carbocycles. The molecule has 0 atom stereocenters. The van der Waals surface area contributed by atoms with E-state index in [0.717, 1.165) is 65.7 Å². The third-order valence-electron chi connectivity index (χ3n) is 3.36. The zero-order chi connectivity index (χ0) is 15.2. The van der Waals surface area contributed by atoms with Crippen LogP contribution in [-0.2, 0) is 9.47 Å². The lowest BCUT2D eigenvalue weighted by atomic mass is 10.5. The van der Waals surface area contributed by atoms with E-state index >= 15 is 0 Å². The monoisotopic (exact) mass is 289 g/mol. The molecule has 5 heteroatoms. The molecule has 0 heterocycles. The molecule has 0 saturated carbocycles. The fraction of sp³-hybridized carbons (Fsp3) is 1.00. The summed E-state index contributed by atoms with van der Waals surface area (Å²) in [6.45, 7) is 13.8. The van der Waals surface area contributed by atoms with E-state index < -0.39 is 0 Å². The van der Waals surface area contributed by atoms with Gasteiger partial charge in [0.1, 0.15) is 0 Å². The lowest BCUT2D eigenvalue weighted by Gasteiger charge is -2.19. The summed E-state index contributed by atoms with van der Waals surface area (Å²) in [4.78, 5) is 6.77. The molecule has 0 aromatic heterocycles. The van der Waals surface area contributed by atoms with Crippen LogP contribution in [0.3, 0.4) is 0 Å². The van der Waals surface area contributed by atoms with Crippen LogP contribution in [0.1, 0.15) is 13.8 Å². The zero-order valence-corrected chi connectivity index (χ0v) is 14.2. The van der Waals surface area contributed by atoms with Crippen LogP contribution in [0.4, 0.5) is 0 Å². The molecular weight excluding hydrogens is 254 g/mol. The molecule has 0 rings (SSSR count). The summed E-state index contributed by atoms with van der Waals surface area (Å²) < 4.78 is 11.2. The van der Waals surface area contributed by atoms with Crippen molar-refractivity contribution in [3.63, 3.8) is 0 Å². The molecule has 20 heavy (non-hydrogen) atoms. The number of nitrogens with zero attached hydrogens (tertiary/aromatic N) is 3. The Morgan fingerprint density at radius 1 is 0.650 bits per heavy atom. The Hall–Kier alpha value is -0.200. The molecule has 0 saturated heterocycles. The van der Waals surface area contributed by atoms with Gasteiger partial charge in [0, 0.05) is 26.2 Å². The van der Waals surface area contributed by atoms with Crippen molar-refractivity contribution in [3.05, 3.63) is 0 Å². The second kappa shape index (κ2) is 13.8. The van der Waals surface area contributed by atoms with Gasteiger partial charge in [-0.2, -0.15) is 0 Å². The van der Waals surface area contributed by atoms with Gasteiger partial charge in [-0.1, -0.05) is 13.8 Å². The van der Waals surface area contributed by atoms with Gasteiger partial charge < -0.3 is 24.2 Å². The second-order valence-electron chi connectivity index (χ2n) is 5.36. The second-order valence-corrected chi connectivity index (χ2v) is 5.36. The highest BCUT2D eigenvalue weighted by Crippen LogP contribution is 1.89. The third-order valence-corrected chi connectivity index (χ3v) is 3.36. The Kier molecular flexibility index (Phi) is 13.6. The largest absolute Gasteiger partial charge is 0.379 e. The van der Waals surface area contributed by atoms with Crippen LogP contribution in [0.5, 0.6) is 0 Å². The van der Waals surface area contributed by atoms with Gasteiger partial charge in [0.15, 0.2) is 0 Å². The summed E-state index contributed by atoms with van der Waals surface area (Å²) in [6, 6.07) is 0. The molecule has 0 aromatic rings. The minimum absolute atomic E-state index is 0.795. The van der Waals surface area contributed by atoms with Gasteiger partial charge in [-0.25, -0.2) is 0 Å². The predicted molar refractivity (Wildman–Crippen MR) is 85.5 cm³/mol. The van der Waals surface area contributed by atoms with Crippen LogP contribution in [0, 0.1) is 0 Å². The molecule has 0 radical (unpaired) electrons. The topological polar surface area (TPSA) is 28.2 Å². The van der Waals surface area contributed by atoms with Crippen LogP contribution in [0.2, 0.25) is 0 Å². The van der Waals surface area contributed by atoms with Gasteiger partial charge in [0.25, 0.3) is 0 Å². The summed E-state index contributed by atoms with van der Waals surface area (Å²) in [5.41, 5.74) is 0. The van der Waals surface area contributed by atoms with Crippen molar-refractivity contribution in [2.24, 2.45) is 0 Å². The zero-order valence-electron chi connectivity index (χ0n) is 14.2. The first-order chi connectivity index (χ1) is 9.60. The standard InChI is InChI=1S/C15H35N3O2/c1-6-18(7-2)11-15-20-14-10-17(5)9-13-19-12-8-16(3)4/h6-15H2,1-5H3. The van der Waals surface area contributed by atoms with E-state index in [1.807, 2.05) is 0 Å². The first kappa shape index (κ1) is 19.8. The average Bonchev–Trinajstić information content (AvgIpc) is 2.42. The summed E-state index contributed by atoms with van der Waals surface area (Å²) in [5, 5.41) is 0. The molecule has 0 amide bonds. The SMILES string of the molecule is CCN(CC)CCOCCN(C)CCOCCN(C)C. The minimum Gasteiger partial charge on any atom is -0.379 e. The predicted octanol–water partition coefficient (Wildman–Crippen LogP) is 0.855. The fourth-order valence-corrected chi connectivity index (χ4v) is 1.74. The first-order valence-corrected chi connectivity index (χ1v) is 7.81. The number of hydrogen-bond donors (Lipinski definition) is 0. The molecule has 0 aromatic carbocycles. The lowest BCUT2D eigenvalue weighted by Crippen LogP contribution is -2.30. The van der Waals surface area contributed by atoms with E-state index in [9.17, 15) is 0 Å². The Morgan fingerprint density at radius 2 is 1.10 bits per heavy atom. The highest BCUT2D eigenvalue weighted by molar-refractivity contribution is 4.53. The van der Waals surface area contributed by atoms with Crippen LogP contribution < -0.4 is 0 Å². The molecule has 0 bridgehead atoms. The quantitative estimate of drug-likeness (QED) is 0.442. The van der Waals surface area contributed by atoms with Crippen molar-refractivity contribution < 1.29 is 9.47 Å². The van der Waals surface area contributed by atoms with Gasteiger partial charge in [0.2, 0.25) is 0 Å². The van der Waals surface area contributed by atoms with Gasteiger partial charge in [-0.15, -0.1) is 0 Å². The maximum Gasteiger partial charge on any atom is 0.0594 e. The molecule has 122 valence electrons. The van der Waals surface area contributed by atoms with Gasteiger partial charge in [-0.05, 0) is 34.2 Å². The smallest absolute Gasteiger partial charge is 0.0594 e. The molecule has 0 unspecified atom stereocenters. The lowest BCUT2D eigenvalue weighted by molar-refractivity contribution is 0.0710. The van der Waals surface area contributed by atoms with Crippen molar-refractivity contribution in [1.29, 1.82) is 0 Å². The van der Waals surface area contributed by atoms with E-state index in [2.05, 4.69) is 49.7 Å². The highest BCUT2D eigenvalue weighted by atomic mass is 16.5. The average molecular weight is 289 g/mol. The summed E-state index contributed by atoms with van der Waals surface area (Å²) >= 11 is 0. The molecule has 0 spiro atoms. The van der Waals surface area contributed by atoms with Crippen LogP contribution in [0.25, 0.3) is 0 Å². The Morgan fingerprint density at radius 3 is 1.55 bits per heavy atom. The molecule has 0 aliphatic heterocycles. The Bertz CT molecular complexity index is 200. The maximum absolute atomic E-state index is 5.67. The Balaban J connectivity index is 3.30. The molecule has 0 N–H and O–H groups in total. The van der Waals surface area contributed by atoms with Crippen LogP contribution in [0.15, 0.2) is 0 Å². The van der Waals surface area contributed by atoms with E-state index in [-0.39, 0.29) is 0 Å². The third kappa shape index (κ3) is 12.8. The van der Waals surface area contributed by atoms with Crippen LogP contribution >= 0.6 is 0 Å². The fourth-order valence-electron chi connectivity index (χ4n) is 1.74. The van der Waals surface area contributed by atoms with Crippen LogP contribution in [-0.4, -0.2) is 102 Å². The van der Waals surface area contributed by atoms with Crippen molar-refractivity contribution in [2.75, 3.05) is 86.8 Å². The van der Waals surface area contributed by atoms with Crippen molar-refractivity contribution >= 4 is 0 Å². The molecule has 0 aliphatic rings. The Labute approximate surface area is 125 Å². The summed E-state index contributed by atoms with van der Waals surface area (Å²) in [6.07, 6.45) is 0. The normalized spacial score (nSPS) is 12.0. The highest BCUT2D eigenvalue weighted by Gasteiger charge is 2.01. The number of likely N-dealkylation sites (N-methyl/N-ethyl adjacent to an activating group) is 3. The van der Waals surface area contributed by atoms with Gasteiger partial charge >= 0.3 is 0 Å². The maximum atomic E-state index is 5.67. The summed E-state index contributed by atoms with van der Waals surface area (Å²) in [5.74, 6) is 0. The van der Waals surface area contributed by atoms with E-state index in [1.165, 1.54) is 0 Å². The van der Waals surface area contributed by atoms with Gasteiger partial charge in [-0.3, -0.25) is 0 Å². The molecule has 0 fully saturated rings. The molecule has 5 nitrogen and oxygen atoms in total. The van der Waals surface area contributed by atoms with Gasteiger partial charge in [0.05, 0.1) is 26.4 Å². The van der Waals surface area contributed by atoms with Crippen molar-refractivity contribution in [3.8, 4) is 0 Å². The number of hydrogen-bond acceptors (Lipinski definition) is 5.